The minimum atomic E-state index is -4.37. The third kappa shape index (κ3) is 4.12. The van der Waals surface area contributed by atoms with Crippen LogP contribution in [0.4, 0.5) is 19.0 Å². The molecule has 4 rings (SSSR count). The Balaban J connectivity index is 1.42. The van der Waals surface area contributed by atoms with Crippen LogP contribution in [0.15, 0.2) is 30.7 Å². The Labute approximate surface area is 166 Å². The average Bonchev–Trinajstić information content (AvgIpc) is 3.30. The van der Waals surface area contributed by atoms with E-state index in [0.29, 0.717) is 18.9 Å². The maximum atomic E-state index is 12.8. The van der Waals surface area contributed by atoms with Gasteiger partial charge >= 0.3 is 6.18 Å². The van der Waals surface area contributed by atoms with Gasteiger partial charge < -0.3 is 9.88 Å². The lowest BCUT2D eigenvalue weighted by atomic mass is 10.1. The lowest BCUT2D eigenvalue weighted by molar-refractivity contribution is -0.137. The van der Waals surface area contributed by atoms with Crippen molar-refractivity contribution in [1.82, 2.24) is 30.0 Å². The van der Waals surface area contributed by atoms with E-state index in [2.05, 4.69) is 37.0 Å². The molecule has 0 saturated carbocycles. The second kappa shape index (κ2) is 7.51. The minimum Gasteiger partial charge on any atom is -0.351 e. The number of halogens is 3. The van der Waals surface area contributed by atoms with E-state index in [9.17, 15) is 13.2 Å². The molecule has 1 fully saturated rings. The molecule has 10 heteroatoms. The van der Waals surface area contributed by atoms with Gasteiger partial charge in [0.15, 0.2) is 5.82 Å². The molecule has 0 aliphatic carbocycles. The van der Waals surface area contributed by atoms with Crippen molar-refractivity contribution in [2.45, 2.75) is 32.6 Å². The number of H-pyrrole nitrogens is 2. The number of hydrogen-bond donors (Lipinski definition) is 2. The predicted octanol–water partition coefficient (Wildman–Crippen LogP) is 3.23. The lowest BCUT2D eigenvalue weighted by Crippen LogP contribution is -2.51. The summed E-state index contributed by atoms with van der Waals surface area (Å²) in [7, 11) is 0. The number of aromatic amines is 2. The number of alkyl halides is 3. The van der Waals surface area contributed by atoms with Crippen LogP contribution >= 0.6 is 0 Å². The monoisotopic (exact) mass is 405 g/mol. The van der Waals surface area contributed by atoms with Gasteiger partial charge in [-0.1, -0.05) is 0 Å². The number of piperazine rings is 1. The molecule has 3 aromatic heterocycles. The first-order valence-corrected chi connectivity index (χ1v) is 9.37. The highest BCUT2D eigenvalue weighted by Crippen LogP contribution is 2.30. The Morgan fingerprint density at radius 1 is 1.14 bits per heavy atom. The van der Waals surface area contributed by atoms with Gasteiger partial charge in [-0.05, 0) is 26.0 Å². The van der Waals surface area contributed by atoms with E-state index in [0.717, 1.165) is 48.1 Å². The molecular weight excluding hydrogens is 383 g/mol. The van der Waals surface area contributed by atoms with Crippen LogP contribution < -0.4 is 4.90 Å². The van der Waals surface area contributed by atoms with E-state index in [4.69, 9.17) is 0 Å². The fourth-order valence-corrected chi connectivity index (χ4v) is 3.66. The molecule has 0 amide bonds. The summed E-state index contributed by atoms with van der Waals surface area (Å²) in [4.78, 5) is 16.0. The normalized spacial score (nSPS) is 18.4. The molecule has 0 unspecified atom stereocenters. The molecule has 0 spiro atoms. The van der Waals surface area contributed by atoms with E-state index in [-0.39, 0.29) is 6.04 Å². The fourth-order valence-electron chi connectivity index (χ4n) is 3.66. The zero-order valence-electron chi connectivity index (χ0n) is 16.2. The van der Waals surface area contributed by atoms with Crippen molar-refractivity contribution in [1.29, 1.82) is 0 Å². The Bertz CT molecular complexity index is 961. The van der Waals surface area contributed by atoms with Crippen molar-refractivity contribution in [2.75, 3.05) is 24.5 Å². The topological polar surface area (TPSA) is 76.7 Å². The molecule has 1 aliphatic heterocycles. The van der Waals surface area contributed by atoms with Crippen molar-refractivity contribution in [3.05, 3.63) is 47.5 Å². The summed E-state index contributed by atoms with van der Waals surface area (Å²) in [6, 6.07) is 2.65. The number of aromatic nitrogens is 5. The average molecular weight is 405 g/mol. The lowest BCUT2D eigenvalue weighted by Gasteiger charge is -2.40. The van der Waals surface area contributed by atoms with Crippen molar-refractivity contribution in [3.8, 4) is 11.5 Å². The summed E-state index contributed by atoms with van der Waals surface area (Å²) in [6.45, 7) is 6.94. The third-order valence-corrected chi connectivity index (χ3v) is 5.13. The quantitative estimate of drug-likeness (QED) is 0.697. The molecule has 1 saturated heterocycles. The number of nitrogens with one attached hydrogen (secondary N) is 2. The summed E-state index contributed by atoms with van der Waals surface area (Å²) in [6.07, 6.45) is 0.113. The summed E-state index contributed by atoms with van der Waals surface area (Å²) in [5.41, 5.74) is 2.17. The Morgan fingerprint density at radius 2 is 1.97 bits per heavy atom. The first-order chi connectivity index (χ1) is 13.8. The van der Waals surface area contributed by atoms with Crippen LogP contribution in [0, 0.1) is 6.92 Å². The number of anilines is 1. The van der Waals surface area contributed by atoms with Crippen LogP contribution in [0.1, 0.15) is 23.7 Å². The summed E-state index contributed by atoms with van der Waals surface area (Å²) < 4.78 is 38.3. The molecule has 1 aliphatic rings. The van der Waals surface area contributed by atoms with Crippen LogP contribution in [0.25, 0.3) is 11.5 Å². The highest BCUT2D eigenvalue weighted by Gasteiger charge is 2.32. The van der Waals surface area contributed by atoms with Crippen molar-refractivity contribution in [3.63, 3.8) is 0 Å². The molecule has 4 heterocycles. The first kappa shape index (κ1) is 19.4. The number of rotatable bonds is 4. The van der Waals surface area contributed by atoms with Gasteiger partial charge in [-0.15, -0.1) is 0 Å². The SMILES string of the molecule is Cc1cnc(-c2[nH]ncc2CN2CCN(c3ccc(C(F)(F)F)cn3)[C@H](C)C2)[nH]1. The number of imidazole rings is 1. The van der Waals surface area contributed by atoms with Gasteiger partial charge in [0.05, 0.1) is 11.8 Å². The van der Waals surface area contributed by atoms with E-state index < -0.39 is 11.7 Å². The molecule has 3 aromatic rings. The number of hydrogen-bond acceptors (Lipinski definition) is 5. The van der Waals surface area contributed by atoms with Gasteiger partial charge in [-0.3, -0.25) is 10.00 Å². The zero-order chi connectivity index (χ0) is 20.6. The molecule has 154 valence electrons. The summed E-state index contributed by atoms with van der Waals surface area (Å²) in [5.74, 6) is 1.33. The van der Waals surface area contributed by atoms with Gasteiger partial charge in [0.2, 0.25) is 0 Å². The van der Waals surface area contributed by atoms with Gasteiger partial charge in [-0.25, -0.2) is 9.97 Å². The van der Waals surface area contributed by atoms with Crippen LogP contribution in [-0.2, 0) is 12.7 Å². The van der Waals surface area contributed by atoms with E-state index in [1.165, 1.54) is 6.07 Å². The van der Waals surface area contributed by atoms with Crippen LogP contribution in [0.3, 0.4) is 0 Å². The second-order valence-corrected chi connectivity index (χ2v) is 7.37. The van der Waals surface area contributed by atoms with E-state index >= 15 is 0 Å². The Kier molecular flexibility index (Phi) is 5.03. The van der Waals surface area contributed by atoms with Gasteiger partial charge in [0.1, 0.15) is 11.5 Å². The van der Waals surface area contributed by atoms with Gasteiger partial charge in [0, 0.05) is 55.9 Å². The van der Waals surface area contributed by atoms with Crippen molar-refractivity contribution < 1.29 is 13.2 Å². The molecule has 0 aromatic carbocycles. The molecule has 0 bridgehead atoms. The highest BCUT2D eigenvalue weighted by molar-refractivity contribution is 5.54. The highest BCUT2D eigenvalue weighted by atomic mass is 19.4. The van der Waals surface area contributed by atoms with Crippen LogP contribution in [-0.4, -0.2) is 55.7 Å². The number of nitrogens with zero attached hydrogens (tertiary/aromatic N) is 5. The zero-order valence-corrected chi connectivity index (χ0v) is 16.2. The largest absolute Gasteiger partial charge is 0.417 e. The molecular formula is C19H22F3N7. The Morgan fingerprint density at radius 3 is 2.59 bits per heavy atom. The molecule has 0 radical (unpaired) electrons. The maximum absolute atomic E-state index is 12.8. The predicted molar refractivity (Wildman–Crippen MR) is 102 cm³/mol. The first-order valence-electron chi connectivity index (χ1n) is 9.37. The summed E-state index contributed by atoms with van der Waals surface area (Å²) in [5, 5.41) is 7.16. The maximum Gasteiger partial charge on any atom is 0.417 e. The molecule has 1 atom stereocenters. The molecule has 2 N–H and O–H groups in total. The van der Waals surface area contributed by atoms with Gasteiger partial charge in [-0.2, -0.15) is 18.3 Å². The smallest absolute Gasteiger partial charge is 0.351 e. The van der Waals surface area contributed by atoms with Crippen LogP contribution in [0.5, 0.6) is 0 Å². The fraction of sp³-hybridized carbons (Fsp3) is 0.421. The number of pyridine rings is 1. The Hall–Kier alpha value is -2.88. The van der Waals surface area contributed by atoms with Gasteiger partial charge in [0.25, 0.3) is 0 Å². The second-order valence-electron chi connectivity index (χ2n) is 7.37. The van der Waals surface area contributed by atoms with E-state index in [1.54, 1.807) is 6.20 Å². The molecule has 29 heavy (non-hydrogen) atoms. The minimum absolute atomic E-state index is 0.120. The van der Waals surface area contributed by atoms with Crippen LogP contribution in [0.2, 0.25) is 0 Å². The van der Waals surface area contributed by atoms with Crippen molar-refractivity contribution >= 4 is 5.82 Å². The molecule has 7 nitrogen and oxygen atoms in total. The van der Waals surface area contributed by atoms with E-state index in [1.807, 2.05) is 18.0 Å². The standard InChI is InChI=1S/C19H22F3N7/c1-12-7-24-18(26-12)17-14(8-25-27-17)11-28-5-6-29(13(2)10-28)16-4-3-15(9-23-16)19(20,21)22/h3-4,7-9,13H,5-6,10-11H2,1-2H3,(H,24,26)(H,25,27)/t13-/m1/s1. The van der Waals surface area contributed by atoms with Crippen molar-refractivity contribution in [2.24, 2.45) is 0 Å². The number of aryl methyl sites for hydroxylation is 1. The summed E-state index contributed by atoms with van der Waals surface area (Å²) >= 11 is 0. The third-order valence-electron chi connectivity index (χ3n) is 5.13.